The number of unbranched alkanes of at least 4 members (excludes halogenated alkanes) is 9. The molecule has 0 fully saturated rings. The van der Waals surface area contributed by atoms with Crippen LogP contribution in [0.3, 0.4) is 0 Å². The monoisotopic (exact) mass is 397 g/mol. The van der Waals surface area contributed by atoms with Gasteiger partial charge in [-0.05, 0) is 12.8 Å². The molecule has 0 saturated heterocycles. The van der Waals surface area contributed by atoms with Gasteiger partial charge in [0.15, 0.2) is 5.78 Å². The summed E-state index contributed by atoms with van der Waals surface area (Å²) in [4.78, 5) is 41.4. The van der Waals surface area contributed by atoms with Crippen molar-refractivity contribution in [2.45, 2.75) is 70.6 Å². The third kappa shape index (κ3) is 12.6. The predicted octanol–water partition coefficient (Wildman–Crippen LogP) is 4.45. The Morgan fingerprint density at radius 2 is 1.41 bits per heavy atom. The van der Waals surface area contributed by atoms with E-state index in [9.17, 15) is 19.0 Å². The minimum absolute atomic E-state index is 0.0528. The molecule has 1 unspecified atom stereocenters. The third-order valence-corrected chi connectivity index (χ3v) is 4.93. The number of phosphoric acid groups is 1. The molecule has 7 heteroatoms. The topological polar surface area (TPSA) is 104 Å². The Balaban J connectivity index is 1.90. The van der Waals surface area contributed by atoms with E-state index >= 15 is 0 Å². The summed E-state index contributed by atoms with van der Waals surface area (Å²) >= 11 is 0. The Kier molecular flexibility index (Phi) is 12.1. The lowest BCUT2D eigenvalue weighted by atomic mass is 10.0. The number of benzene rings is 1. The van der Waals surface area contributed by atoms with Crippen molar-refractivity contribution in [1.82, 2.24) is 0 Å². The van der Waals surface area contributed by atoms with Crippen LogP contribution >= 0.6 is 7.82 Å². The third-order valence-electron chi connectivity index (χ3n) is 4.42. The van der Waals surface area contributed by atoms with E-state index in [0.717, 1.165) is 57.7 Å². The number of ketones is 1. The molecule has 1 aromatic carbocycles. The van der Waals surface area contributed by atoms with Crippen molar-refractivity contribution >= 4 is 19.9 Å². The lowest BCUT2D eigenvalue weighted by molar-refractivity contribution is -0.219. The van der Waals surface area contributed by atoms with Gasteiger partial charge in [0.05, 0.1) is 6.61 Å². The van der Waals surface area contributed by atoms with Gasteiger partial charge >= 0.3 is 0 Å². The van der Waals surface area contributed by atoms with Gasteiger partial charge in [0.2, 0.25) is 0 Å². The highest BCUT2D eigenvalue weighted by molar-refractivity contribution is 7.44. The van der Waals surface area contributed by atoms with Crippen molar-refractivity contribution in [1.29, 1.82) is 0 Å². The highest BCUT2D eigenvalue weighted by Gasteiger charge is 2.05. The second-order valence-electron chi connectivity index (χ2n) is 6.75. The predicted molar refractivity (Wildman–Crippen MR) is 103 cm³/mol. The van der Waals surface area contributed by atoms with Crippen LogP contribution in [0.15, 0.2) is 24.3 Å². The zero-order valence-corrected chi connectivity index (χ0v) is 16.7. The Morgan fingerprint density at radius 3 is 1.89 bits per heavy atom. The number of phosphoric ester groups is 1. The van der Waals surface area contributed by atoms with Crippen molar-refractivity contribution in [3.63, 3.8) is 0 Å². The highest BCUT2D eigenvalue weighted by atomic mass is 31.2. The molecule has 0 bridgehead atoms. The maximum atomic E-state index is 12.0. The first-order valence-electron chi connectivity index (χ1n) is 9.69. The molecular formula is C20H30O6P-. The minimum atomic E-state index is -4.56. The molecule has 0 aliphatic rings. The van der Waals surface area contributed by atoms with Gasteiger partial charge in [-0.15, -0.1) is 0 Å². The number of hydrogen-bond donors (Lipinski definition) is 1. The quantitative estimate of drug-likeness (QED) is 0.191. The van der Waals surface area contributed by atoms with Crippen molar-refractivity contribution < 1.29 is 28.5 Å². The van der Waals surface area contributed by atoms with Crippen LogP contribution in [0.4, 0.5) is 0 Å². The first-order valence-corrected chi connectivity index (χ1v) is 11.2. The number of rotatable bonds is 16. The molecule has 0 aliphatic heterocycles. The van der Waals surface area contributed by atoms with Gasteiger partial charge in [0, 0.05) is 17.5 Å². The molecule has 27 heavy (non-hydrogen) atoms. The average Bonchev–Trinajstić information content (AvgIpc) is 2.64. The number of hydrogen-bond acceptors (Lipinski definition) is 5. The summed E-state index contributed by atoms with van der Waals surface area (Å²) in [7, 11) is -4.56. The van der Waals surface area contributed by atoms with Crippen LogP contribution in [0.2, 0.25) is 0 Å². The summed E-state index contributed by atoms with van der Waals surface area (Å²) in [5.41, 5.74) is 1.25. The number of aldehydes is 1. The van der Waals surface area contributed by atoms with Crippen molar-refractivity contribution in [2.75, 3.05) is 6.61 Å². The average molecular weight is 397 g/mol. The molecule has 152 valence electrons. The fourth-order valence-corrected chi connectivity index (χ4v) is 3.23. The molecule has 0 heterocycles. The molecule has 0 amide bonds. The number of carbonyl (C=O) groups is 2. The van der Waals surface area contributed by atoms with Crippen molar-refractivity contribution in [2.24, 2.45) is 0 Å². The van der Waals surface area contributed by atoms with E-state index in [2.05, 4.69) is 4.52 Å². The fraction of sp³-hybridized carbons (Fsp3) is 0.600. The summed E-state index contributed by atoms with van der Waals surface area (Å²) in [5, 5.41) is 0. The van der Waals surface area contributed by atoms with Gasteiger partial charge in [0.1, 0.15) is 6.29 Å². The highest BCUT2D eigenvalue weighted by Crippen LogP contribution is 2.30. The first-order chi connectivity index (χ1) is 12.9. The van der Waals surface area contributed by atoms with Crippen molar-refractivity contribution in [3.05, 3.63) is 35.4 Å². The molecule has 6 nitrogen and oxygen atoms in total. The maximum Gasteiger partial charge on any atom is 0.265 e. The zero-order valence-electron chi connectivity index (χ0n) is 15.8. The lowest BCUT2D eigenvalue weighted by Crippen LogP contribution is -2.04. The van der Waals surface area contributed by atoms with E-state index in [4.69, 9.17) is 4.89 Å². The molecule has 0 aliphatic carbocycles. The number of Topliss-reactive ketones (excluding diaryl/α,β-unsaturated/α-hetero) is 1. The van der Waals surface area contributed by atoms with E-state index in [1.807, 2.05) is 0 Å². The van der Waals surface area contributed by atoms with Crippen LogP contribution in [0.25, 0.3) is 0 Å². The van der Waals surface area contributed by atoms with Crippen LogP contribution in [-0.2, 0) is 9.09 Å². The largest absolute Gasteiger partial charge is 0.756 e. The Bertz CT molecular complexity index is 593. The standard InChI is InChI=1S/C20H31O6P/c21-17-18-12-14-19(15-13-18)20(22)11-9-7-5-3-1-2-4-6-8-10-16-26-27(23,24)25/h12-15,17H,1-11,16H2,(H2,23,24,25)/p-1. The SMILES string of the molecule is O=Cc1ccc(C(=O)CCCCCCCCCCCCOP(=O)([O-])O)cc1. The molecule has 1 aromatic rings. The second kappa shape index (κ2) is 13.8. The normalized spacial score (nSPS) is 13.3. The zero-order chi connectivity index (χ0) is 20.0. The molecule has 0 aromatic heterocycles. The molecule has 1 rings (SSSR count). The molecular weight excluding hydrogens is 367 g/mol. The van der Waals surface area contributed by atoms with Gasteiger partial charge in [0.25, 0.3) is 7.82 Å². The van der Waals surface area contributed by atoms with Crippen LogP contribution in [0.5, 0.6) is 0 Å². The fourth-order valence-electron chi connectivity index (χ4n) is 2.87. The van der Waals surface area contributed by atoms with E-state index in [-0.39, 0.29) is 12.4 Å². The Labute approximate surface area is 161 Å². The van der Waals surface area contributed by atoms with Crippen LogP contribution in [-0.4, -0.2) is 23.6 Å². The molecule has 1 N–H and O–H groups in total. The summed E-state index contributed by atoms with van der Waals surface area (Å²) in [5.74, 6) is 0.131. The van der Waals surface area contributed by atoms with Crippen LogP contribution in [0, 0.1) is 0 Å². The van der Waals surface area contributed by atoms with Gasteiger partial charge in [-0.3, -0.25) is 14.2 Å². The number of carbonyl (C=O) groups excluding carboxylic acids is 2. The maximum absolute atomic E-state index is 12.0. The van der Waals surface area contributed by atoms with Crippen LogP contribution in [0.1, 0.15) is 91.3 Å². The molecule has 1 atom stereocenters. The summed E-state index contributed by atoms with van der Waals surface area (Å²) in [6, 6.07) is 6.76. The van der Waals surface area contributed by atoms with E-state index in [1.54, 1.807) is 24.3 Å². The smallest absolute Gasteiger partial charge is 0.265 e. The minimum Gasteiger partial charge on any atom is -0.756 e. The lowest BCUT2D eigenvalue weighted by Gasteiger charge is -2.14. The molecule has 0 spiro atoms. The Morgan fingerprint density at radius 1 is 0.926 bits per heavy atom. The van der Waals surface area contributed by atoms with E-state index < -0.39 is 7.82 Å². The Hall–Kier alpha value is -1.33. The van der Waals surface area contributed by atoms with Gasteiger partial charge in [-0.25, -0.2) is 0 Å². The molecule has 0 radical (unpaired) electrons. The molecule has 0 saturated carbocycles. The van der Waals surface area contributed by atoms with Crippen molar-refractivity contribution in [3.8, 4) is 0 Å². The summed E-state index contributed by atoms with van der Waals surface area (Å²) in [6.45, 7) is 0.0528. The van der Waals surface area contributed by atoms with Gasteiger partial charge in [-0.2, -0.15) is 0 Å². The van der Waals surface area contributed by atoms with Gasteiger partial charge in [-0.1, -0.05) is 75.6 Å². The van der Waals surface area contributed by atoms with Gasteiger partial charge < -0.3 is 14.3 Å². The summed E-state index contributed by atoms with van der Waals surface area (Å²) in [6.07, 6.45) is 11.6. The van der Waals surface area contributed by atoms with E-state index in [0.29, 0.717) is 24.0 Å². The first kappa shape index (κ1) is 23.7. The van der Waals surface area contributed by atoms with Crippen LogP contribution < -0.4 is 4.89 Å². The second-order valence-corrected chi connectivity index (χ2v) is 7.95. The van der Waals surface area contributed by atoms with E-state index in [1.165, 1.54) is 6.42 Å². The summed E-state index contributed by atoms with van der Waals surface area (Å²) < 4.78 is 14.7.